The standard InChI is InChI=1S/C25H27N3O4S/c1-3-13-32-21-10-5-4-7-18(21)17-22-24(30)27(2)25(33-22)26-20-9-6-8-19(16-20)23(29)28-11-14-31-15-12-28/h4-10,16-17H,3,11-15H2,1-2H3/b22-17+,26-25?. The quantitative estimate of drug-likeness (QED) is 0.599. The molecule has 2 aromatic rings. The van der Waals surface area contributed by atoms with E-state index in [0.29, 0.717) is 54.2 Å². The Labute approximate surface area is 198 Å². The van der Waals surface area contributed by atoms with Crippen LogP contribution in [0.3, 0.4) is 0 Å². The number of carbonyl (C=O) groups excluding carboxylic acids is 2. The van der Waals surface area contributed by atoms with Crippen molar-refractivity contribution in [2.24, 2.45) is 4.99 Å². The largest absolute Gasteiger partial charge is 0.493 e. The fraction of sp³-hybridized carbons (Fsp3) is 0.320. The number of morpholine rings is 1. The number of amidine groups is 1. The van der Waals surface area contributed by atoms with Gasteiger partial charge in [0.05, 0.1) is 30.4 Å². The number of likely N-dealkylation sites (N-methyl/N-ethyl adjacent to an activating group) is 1. The van der Waals surface area contributed by atoms with Crippen LogP contribution in [-0.4, -0.2) is 66.7 Å². The molecule has 172 valence electrons. The molecule has 0 saturated carbocycles. The lowest BCUT2D eigenvalue weighted by Gasteiger charge is -2.26. The lowest BCUT2D eigenvalue weighted by Crippen LogP contribution is -2.40. The van der Waals surface area contributed by atoms with Gasteiger partial charge in [0.25, 0.3) is 11.8 Å². The van der Waals surface area contributed by atoms with Gasteiger partial charge in [0.1, 0.15) is 5.75 Å². The fourth-order valence-electron chi connectivity index (χ4n) is 3.50. The summed E-state index contributed by atoms with van der Waals surface area (Å²) in [5.74, 6) is 0.598. The number of carbonyl (C=O) groups is 2. The maximum atomic E-state index is 12.9. The van der Waals surface area contributed by atoms with E-state index in [1.54, 1.807) is 24.1 Å². The second kappa shape index (κ2) is 10.7. The van der Waals surface area contributed by atoms with Crippen LogP contribution in [0.5, 0.6) is 5.75 Å². The Balaban J connectivity index is 1.55. The van der Waals surface area contributed by atoms with E-state index < -0.39 is 0 Å². The molecule has 0 bridgehead atoms. The van der Waals surface area contributed by atoms with Crippen LogP contribution in [0.25, 0.3) is 6.08 Å². The summed E-state index contributed by atoms with van der Waals surface area (Å²) in [5.41, 5.74) is 2.06. The zero-order chi connectivity index (χ0) is 23.2. The highest BCUT2D eigenvalue weighted by Crippen LogP contribution is 2.34. The van der Waals surface area contributed by atoms with Gasteiger partial charge in [-0.05, 0) is 48.5 Å². The zero-order valence-corrected chi connectivity index (χ0v) is 19.6. The molecule has 2 aliphatic rings. The van der Waals surface area contributed by atoms with E-state index in [1.165, 1.54) is 16.7 Å². The number of thioether (sulfide) groups is 1. The highest BCUT2D eigenvalue weighted by Gasteiger charge is 2.30. The van der Waals surface area contributed by atoms with Crippen molar-refractivity contribution >= 4 is 40.5 Å². The summed E-state index contributed by atoms with van der Waals surface area (Å²) >= 11 is 1.31. The number of hydrogen-bond donors (Lipinski definition) is 0. The molecule has 2 saturated heterocycles. The van der Waals surface area contributed by atoms with E-state index in [9.17, 15) is 9.59 Å². The second-order valence-electron chi connectivity index (χ2n) is 7.71. The minimum absolute atomic E-state index is 0.0341. The molecular formula is C25H27N3O4S. The molecule has 2 aliphatic heterocycles. The number of benzene rings is 2. The Morgan fingerprint density at radius 2 is 1.97 bits per heavy atom. The SMILES string of the molecule is CCCOc1ccccc1/C=C1/SC(=Nc2cccc(C(=O)N3CCOCC3)c2)N(C)C1=O. The summed E-state index contributed by atoms with van der Waals surface area (Å²) in [6, 6.07) is 14.9. The molecule has 0 aliphatic carbocycles. The normalized spacial score (nSPS) is 18.9. The molecular weight excluding hydrogens is 438 g/mol. The van der Waals surface area contributed by atoms with Crippen LogP contribution in [-0.2, 0) is 9.53 Å². The summed E-state index contributed by atoms with van der Waals surface area (Å²) in [6.45, 7) is 4.95. The third kappa shape index (κ3) is 5.46. The van der Waals surface area contributed by atoms with Crippen LogP contribution in [0.1, 0.15) is 29.3 Å². The molecule has 33 heavy (non-hydrogen) atoms. The van der Waals surface area contributed by atoms with Gasteiger partial charge in [-0.2, -0.15) is 0 Å². The Morgan fingerprint density at radius 1 is 1.18 bits per heavy atom. The predicted molar refractivity (Wildman–Crippen MR) is 131 cm³/mol. The van der Waals surface area contributed by atoms with E-state index in [4.69, 9.17) is 9.47 Å². The number of ether oxygens (including phenoxy) is 2. The van der Waals surface area contributed by atoms with E-state index >= 15 is 0 Å². The molecule has 7 nitrogen and oxygen atoms in total. The average Bonchev–Trinajstić information content (AvgIpc) is 3.11. The Morgan fingerprint density at radius 3 is 2.76 bits per heavy atom. The number of hydrogen-bond acceptors (Lipinski definition) is 6. The Bertz CT molecular complexity index is 1090. The van der Waals surface area contributed by atoms with Crippen molar-refractivity contribution in [1.29, 1.82) is 0 Å². The van der Waals surface area contributed by atoms with Crippen LogP contribution in [0.2, 0.25) is 0 Å². The number of nitrogens with zero attached hydrogens (tertiary/aromatic N) is 3. The van der Waals surface area contributed by atoms with E-state index in [2.05, 4.69) is 11.9 Å². The molecule has 0 unspecified atom stereocenters. The maximum Gasteiger partial charge on any atom is 0.266 e. The highest BCUT2D eigenvalue weighted by atomic mass is 32.2. The summed E-state index contributed by atoms with van der Waals surface area (Å²) < 4.78 is 11.1. The topological polar surface area (TPSA) is 71.4 Å². The predicted octanol–water partition coefficient (Wildman–Crippen LogP) is 4.18. The summed E-state index contributed by atoms with van der Waals surface area (Å²) in [4.78, 5) is 34.2. The van der Waals surface area contributed by atoms with Crippen LogP contribution in [0.15, 0.2) is 58.4 Å². The van der Waals surface area contributed by atoms with Crippen molar-refractivity contribution in [2.45, 2.75) is 13.3 Å². The van der Waals surface area contributed by atoms with Crippen molar-refractivity contribution in [1.82, 2.24) is 9.80 Å². The molecule has 0 N–H and O–H groups in total. The lowest BCUT2D eigenvalue weighted by molar-refractivity contribution is -0.121. The number of para-hydroxylation sites is 1. The Hall–Kier alpha value is -3.10. The minimum Gasteiger partial charge on any atom is -0.493 e. The summed E-state index contributed by atoms with van der Waals surface area (Å²) in [7, 11) is 1.71. The maximum absolute atomic E-state index is 12.9. The lowest BCUT2D eigenvalue weighted by atomic mass is 10.1. The van der Waals surface area contributed by atoms with Crippen molar-refractivity contribution in [2.75, 3.05) is 40.0 Å². The van der Waals surface area contributed by atoms with Gasteiger partial charge in [-0.3, -0.25) is 14.5 Å². The van der Waals surface area contributed by atoms with Gasteiger partial charge in [-0.15, -0.1) is 0 Å². The first kappa shape index (κ1) is 23.1. The molecule has 0 spiro atoms. The van der Waals surface area contributed by atoms with Crippen LogP contribution < -0.4 is 4.74 Å². The number of rotatable bonds is 6. The third-order valence-electron chi connectivity index (χ3n) is 5.29. The molecule has 0 radical (unpaired) electrons. The Kier molecular flexibility index (Phi) is 7.47. The summed E-state index contributed by atoms with van der Waals surface area (Å²) in [6.07, 6.45) is 2.75. The van der Waals surface area contributed by atoms with Crippen molar-refractivity contribution in [3.8, 4) is 5.75 Å². The number of amides is 2. The molecule has 2 amide bonds. The molecule has 0 aromatic heterocycles. The first-order chi connectivity index (χ1) is 16.1. The zero-order valence-electron chi connectivity index (χ0n) is 18.8. The van der Waals surface area contributed by atoms with Gasteiger partial charge < -0.3 is 14.4 Å². The van der Waals surface area contributed by atoms with Crippen LogP contribution in [0, 0.1) is 0 Å². The van der Waals surface area contributed by atoms with Crippen molar-refractivity contribution in [3.63, 3.8) is 0 Å². The molecule has 0 atom stereocenters. The first-order valence-electron chi connectivity index (χ1n) is 11.0. The number of aliphatic imine (C=N–C) groups is 1. The van der Waals surface area contributed by atoms with E-state index in [0.717, 1.165) is 17.7 Å². The molecule has 2 fully saturated rings. The second-order valence-corrected chi connectivity index (χ2v) is 8.72. The van der Waals surface area contributed by atoms with E-state index in [-0.39, 0.29) is 11.8 Å². The minimum atomic E-state index is -0.121. The van der Waals surface area contributed by atoms with E-state index in [1.807, 2.05) is 42.5 Å². The van der Waals surface area contributed by atoms with Gasteiger partial charge in [0.2, 0.25) is 0 Å². The average molecular weight is 466 g/mol. The van der Waals surface area contributed by atoms with Crippen LogP contribution >= 0.6 is 11.8 Å². The monoisotopic (exact) mass is 465 g/mol. The van der Waals surface area contributed by atoms with Crippen molar-refractivity contribution < 1.29 is 19.1 Å². The fourth-order valence-corrected chi connectivity index (χ4v) is 4.48. The summed E-state index contributed by atoms with van der Waals surface area (Å²) in [5, 5.41) is 0.564. The van der Waals surface area contributed by atoms with Gasteiger partial charge in [-0.1, -0.05) is 31.2 Å². The van der Waals surface area contributed by atoms with Gasteiger partial charge in [0, 0.05) is 31.3 Å². The smallest absolute Gasteiger partial charge is 0.266 e. The van der Waals surface area contributed by atoms with Crippen LogP contribution in [0.4, 0.5) is 5.69 Å². The molecule has 4 rings (SSSR count). The van der Waals surface area contributed by atoms with Gasteiger partial charge in [0.15, 0.2) is 5.17 Å². The van der Waals surface area contributed by atoms with Gasteiger partial charge in [-0.25, -0.2) is 4.99 Å². The molecule has 2 heterocycles. The van der Waals surface area contributed by atoms with Gasteiger partial charge >= 0.3 is 0 Å². The first-order valence-corrected chi connectivity index (χ1v) is 11.8. The van der Waals surface area contributed by atoms with Crippen molar-refractivity contribution in [3.05, 3.63) is 64.6 Å². The third-order valence-corrected chi connectivity index (χ3v) is 6.35. The molecule has 2 aromatic carbocycles. The highest BCUT2D eigenvalue weighted by molar-refractivity contribution is 8.18. The molecule has 8 heteroatoms.